The van der Waals surface area contributed by atoms with Gasteiger partial charge in [0.2, 0.25) is 10.0 Å². The smallest absolute Gasteiger partial charge is 0.244 e. The number of halogens is 2. The van der Waals surface area contributed by atoms with Gasteiger partial charge in [-0.15, -0.1) is 0 Å². The fourth-order valence-corrected chi connectivity index (χ4v) is 4.35. The van der Waals surface area contributed by atoms with Gasteiger partial charge in [-0.2, -0.15) is 4.31 Å². The number of aromatic amines is 1. The van der Waals surface area contributed by atoms with Crippen LogP contribution in [0.1, 0.15) is 11.4 Å². The third kappa shape index (κ3) is 2.33. The fraction of sp³-hybridized carbons (Fsp3) is 0.250. The van der Waals surface area contributed by atoms with Crippen LogP contribution < -0.4 is 0 Å². The van der Waals surface area contributed by atoms with Gasteiger partial charge in [0, 0.05) is 18.0 Å². The maximum absolute atomic E-state index is 12.6. The minimum atomic E-state index is -3.67. The molecular weight excluding hydrogens is 321 g/mol. The third-order valence-corrected chi connectivity index (χ3v) is 5.81. The fourth-order valence-electron chi connectivity index (χ4n) is 2.21. The van der Waals surface area contributed by atoms with E-state index >= 15 is 0 Å². The molecule has 0 atom stereocenters. The molecule has 0 saturated carbocycles. The molecule has 106 valence electrons. The lowest BCUT2D eigenvalue weighted by Gasteiger charge is -2.25. The Balaban J connectivity index is 1.99. The quantitative estimate of drug-likeness (QED) is 0.919. The lowest BCUT2D eigenvalue weighted by molar-refractivity contribution is 0.385. The first-order chi connectivity index (χ1) is 9.48. The largest absolute Gasteiger partial charge is 0.347 e. The Kier molecular flexibility index (Phi) is 3.50. The maximum atomic E-state index is 12.6. The molecule has 1 N–H and O–H groups in total. The van der Waals surface area contributed by atoms with Gasteiger partial charge in [-0.25, -0.2) is 13.4 Å². The molecule has 1 aliphatic rings. The summed E-state index contributed by atoms with van der Waals surface area (Å²) in [6.45, 7) is 0.642. The summed E-state index contributed by atoms with van der Waals surface area (Å²) in [5, 5.41) is 0.511. The van der Waals surface area contributed by atoms with Crippen molar-refractivity contribution in [3.05, 3.63) is 46.0 Å². The number of sulfonamides is 1. The molecule has 1 aliphatic heterocycles. The summed E-state index contributed by atoms with van der Waals surface area (Å²) in [4.78, 5) is 7.15. The number of H-pyrrole nitrogens is 1. The predicted octanol–water partition coefficient (Wildman–Crippen LogP) is 2.46. The second kappa shape index (κ2) is 5.04. The first-order valence-corrected chi connectivity index (χ1v) is 8.14. The van der Waals surface area contributed by atoms with Gasteiger partial charge in [0.25, 0.3) is 0 Å². The Morgan fingerprint density at radius 2 is 2.10 bits per heavy atom. The normalized spacial score (nSPS) is 16.1. The highest BCUT2D eigenvalue weighted by atomic mass is 35.5. The number of nitrogens with one attached hydrogen (secondary N) is 1. The highest BCUT2D eigenvalue weighted by molar-refractivity contribution is 7.89. The standard InChI is InChI=1S/C12H11Cl2N3O2S/c13-8-1-2-9(14)12(5-8)20(18,19)17-4-3-10-11(6-17)16-7-15-10/h1-2,5,7H,3-4,6H2,(H,15,16). The van der Waals surface area contributed by atoms with Gasteiger partial charge < -0.3 is 4.98 Å². The second-order valence-corrected chi connectivity index (χ2v) is 7.24. The predicted molar refractivity (Wildman–Crippen MR) is 76.3 cm³/mol. The topological polar surface area (TPSA) is 66.1 Å². The molecule has 0 fully saturated rings. The molecule has 0 bridgehead atoms. The van der Waals surface area contributed by atoms with Crippen LogP contribution in [-0.4, -0.2) is 29.2 Å². The summed E-state index contributed by atoms with van der Waals surface area (Å²) >= 11 is 11.9. The Bertz CT molecular complexity index is 758. The molecule has 20 heavy (non-hydrogen) atoms. The first-order valence-electron chi connectivity index (χ1n) is 5.95. The van der Waals surface area contributed by atoms with Crippen molar-refractivity contribution in [1.29, 1.82) is 0 Å². The maximum Gasteiger partial charge on any atom is 0.244 e. The number of hydrogen-bond donors (Lipinski definition) is 1. The van der Waals surface area contributed by atoms with Crippen LogP contribution >= 0.6 is 23.2 Å². The average Bonchev–Trinajstić information content (AvgIpc) is 2.88. The van der Waals surface area contributed by atoms with Crippen molar-refractivity contribution in [2.75, 3.05) is 6.54 Å². The van der Waals surface area contributed by atoms with Crippen LogP contribution in [-0.2, 0) is 23.0 Å². The van der Waals surface area contributed by atoms with E-state index in [1.165, 1.54) is 16.4 Å². The highest BCUT2D eigenvalue weighted by Gasteiger charge is 2.31. The number of benzene rings is 1. The van der Waals surface area contributed by atoms with Gasteiger partial charge in [-0.05, 0) is 18.2 Å². The summed E-state index contributed by atoms with van der Waals surface area (Å²) in [6, 6.07) is 4.43. The molecule has 0 unspecified atom stereocenters. The zero-order valence-corrected chi connectivity index (χ0v) is 12.6. The van der Waals surface area contributed by atoms with Gasteiger partial charge in [-0.3, -0.25) is 0 Å². The molecule has 1 aromatic carbocycles. The Morgan fingerprint density at radius 1 is 1.30 bits per heavy atom. The number of rotatable bonds is 2. The molecule has 1 aromatic heterocycles. The van der Waals surface area contributed by atoms with E-state index in [1.54, 1.807) is 12.4 Å². The van der Waals surface area contributed by atoms with Gasteiger partial charge in [-0.1, -0.05) is 23.2 Å². The summed E-state index contributed by atoms with van der Waals surface area (Å²) in [5.41, 5.74) is 1.73. The van der Waals surface area contributed by atoms with Crippen molar-refractivity contribution in [1.82, 2.24) is 14.3 Å². The first kappa shape index (κ1) is 13.9. The van der Waals surface area contributed by atoms with Crippen LogP contribution in [0.25, 0.3) is 0 Å². The third-order valence-electron chi connectivity index (χ3n) is 3.25. The van der Waals surface area contributed by atoms with E-state index < -0.39 is 10.0 Å². The van der Waals surface area contributed by atoms with E-state index in [0.717, 1.165) is 11.4 Å². The number of fused-ring (bicyclic) bond motifs is 1. The molecule has 0 spiro atoms. The van der Waals surface area contributed by atoms with Crippen LogP contribution in [0.15, 0.2) is 29.4 Å². The van der Waals surface area contributed by atoms with E-state index in [2.05, 4.69) is 9.97 Å². The van der Waals surface area contributed by atoms with Gasteiger partial charge in [0.05, 0.1) is 29.3 Å². The molecular formula is C12H11Cl2N3O2S. The zero-order valence-electron chi connectivity index (χ0n) is 10.3. The van der Waals surface area contributed by atoms with Crippen molar-refractivity contribution in [2.45, 2.75) is 17.9 Å². The summed E-state index contributed by atoms with van der Waals surface area (Å²) in [6.07, 6.45) is 2.16. The summed E-state index contributed by atoms with van der Waals surface area (Å²) in [5.74, 6) is 0. The van der Waals surface area contributed by atoms with Crippen molar-refractivity contribution in [2.24, 2.45) is 0 Å². The van der Waals surface area contributed by atoms with E-state index in [1.807, 2.05) is 0 Å². The summed E-state index contributed by atoms with van der Waals surface area (Å²) < 4.78 is 26.7. The average molecular weight is 332 g/mol. The molecule has 2 heterocycles. The molecule has 0 saturated heterocycles. The lowest BCUT2D eigenvalue weighted by atomic mass is 10.2. The Labute approximate surface area is 126 Å². The minimum absolute atomic E-state index is 0.0367. The molecule has 8 heteroatoms. The Hall–Kier alpha value is -1.08. The van der Waals surface area contributed by atoms with Crippen molar-refractivity contribution >= 4 is 33.2 Å². The van der Waals surface area contributed by atoms with Gasteiger partial charge >= 0.3 is 0 Å². The number of hydrogen-bond acceptors (Lipinski definition) is 3. The minimum Gasteiger partial charge on any atom is -0.347 e. The van der Waals surface area contributed by atoms with Crippen LogP contribution in [0.2, 0.25) is 10.0 Å². The monoisotopic (exact) mass is 331 g/mol. The molecule has 0 radical (unpaired) electrons. The van der Waals surface area contributed by atoms with E-state index in [9.17, 15) is 8.42 Å². The lowest BCUT2D eigenvalue weighted by Crippen LogP contribution is -2.36. The molecule has 3 rings (SSSR count). The van der Waals surface area contributed by atoms with Crippen LogP contribution in [0.5, 0.6) is 0 Å². The summed E-state index contributed by atoms with van der Waals surface area (Å²) in [7, 11) is -3.67. The number of aromatic nitrogens is 2. The van der Waals surface area contributed by atoms with Gasteiger partial charge in [0.1, 0.15) is 4.90 Å². The van der Waals surface area contributed by atoms with E-state index in [-0.39, 0.29) is 16.5 Å². The Morgan fingerprint density at radius 3 is 2.90 bits per heavy atom. The van der Waals surface area contributed by atoms with Crippen LogP contribution in [0.4, 0.5) is 0 Å². The SMILES string of the molecule is O=S(=O)(c1cc(Cl)ccc1Cl)N1CCc2nc[nH]c2C1. The van der Waals surface area contributed by atoms with Crippen LogP contribution in [0.3, 0.4) is 0 Å². The molecule has 5 nitrogen and oxygen atoms in total. The zero-order chi connectivity index (χ0) is 14.3. The van der Waals surface area contributed by atoms with E-state index in [4.69, 9.17) is 23.2 Å². The van der Waals surface area contributed by atoms with Crippen LogP contribution in [0, 0.1) is 0 Å². The van der Waals surface area contributed by atoms with E-state index in [0.29, 0.717) is 18.0 Å². The highest BCUT2D eigenvalue weighted by Crippen LogP contribution is 2.30. The number of nitrogens with zero attached hydrogens (tertiary/aromatic N) is 2. The second-order valence-electron chi connectivity index (χ2n) is 4.49. The molecule has 2 aromatic rings. The number of imidazole rings is 1. The van der Waals surface area contributed by atoms with Crippen molar-refractivity contribution < 1.29 is 8.42 Å². The molecule has 0 aliphatic carbocycles. The van der Waals surface area contributed by atoms with Crippen molar-refractivity contribution in [3.8, 4) is 0 Å². The molecule has 0 amide bonds. The van der Waals surface area contributed by atoms with Crippen molar-refractivity contribution in [3.63, 3.8) is 0 Å². The van der Waals surface area contributed by atoms with Gasteiger partial charge in [0.15, 0.2) is 0 Å².